The Morgan fingerprint density at radius 3 is 2.29 bits per heavy atom. The van der Waals surface area contributed by atoms with Crippen LogP contribution in [0.1, 0.15) is 0 Å². The highest BCUT2D eigenvalue weighted by molar-refractivity contribution is 6.43. The highest BCUT2D eigenvalue weighted by atomic mass is 35.5. The van der Waals surface area contributed by atoms with E-state index in [-0.39, 0.29) is 0 Å². The summed E-state index contributed by atoms with van der Waals surface area (Å²) >= 11 is 18.4. The summed E-state index contributed by atoms with van der Waals surface area (Å²) in [7, 11) is 0. The molecule has 0 fully saturated rings. The Hall–Kier alpha value is -0.950. The summed E-state index contributed by atoms with van der Waals surface area (Å²) in [4.78, 5) is 0. The summed E-state index contributed by atoms with van der Waals surface area (Å²) in [6, 6.07) is 15.1. The van der Waals surface area contributed by atoms with Crippen molar-refractivity contribution in [3.8, 4) is 0 Å². The van der Waals surface area contributed by atoms with Crippen LogP contribution < -0.4 is 0 Å². The molecule has 0 aliphatic heterocycles. The van der Waals surface area contributed by atoms with Gasteiger partial charge in [0.25, 0.3) is 0 Å². The first-order chi connectivity index (χ1) is 8.18. The van der Waals surface area contributed by atoms with Crippen molar-refractivity contribution < 1.29 is 0 Å². The normalized spacial score (nSPS) is 11.2. The van der Waals surface area contributed by atoms with E-state index >= 15 is 0 Å². The molecular weight excluding hydrogens is 275 g/mol. The van der Waals surface area contributed by atoms with E-state index in [1.165, 1.54) is 0 Å². The molecular formula is C14H5Cl3. The van der Waals surface area contributed by atoms with Crippen LogP contribution in [0.15, 0.2) is 30.3 Å². The van der Waals surface area contributed by atoms with Crippen LogP contribution in [0.3, 0.4) is 0 Å². The van der Waals surface area contributed by atoms with E-state index in [1.807, 2.05) is 18.2 Å². The predicted molar refractivity (Wildman–Crippen MR) is 74.2 cm³/mol. The van der Waals surface area contributed by atoms with Crippen molar-refractivity contribution in [2.45, 2.75) is 0 Å². The summed E-state index contributed by atoms with van der Waals surface area (Å²) in [6.45, 7) is 0. The molecule has 0 saturated carbocycles. The van der Waals surface area contributed by atoms with Crippen molar-refractivity contribution >= 4 is 56.3 Å². The fourth-order valence-corrected chi connectivity index (χ4v) is 2.67. The monoisotopic (exact) mass is 278 g/mol. The zero-order valence-electron chi connectivity index (χ0n) is 8.52. The predicted octanol–water partition coefficient (Wildman–Crippen LogP) is 5.55. The van der Waals surface area contributed by atoms with Crippen LogP contribution in [-0.2, 0) is 0 Å². The summed E-state index contributed by atoms with van der Waals surface area (Å²) in [5.41, 5.74) is 0. The smallest absolute Gasteiger partial charge is 0.0564 e. The first-order valence-electron chi connectivity index (χ1n) is 4.97. The standard InChI is InChI=1S/C14H5Cl3/c15-11-3-1-2-9-8(11)4-5-10-12(16)6-7-13(17)14(9)10/h1-2,4-5,7H. The van der Waals surface area contributed by atoms with Gasteiger partial charge in [0.05, 0.1) is 10.0 Å². The van der Waals surface area contributed by atoms with Crippen molar-refractivity contribution in [2.24, 2.45) is 0 Å². The van der Waals surface area contributed by atoms with Crippen LogP contribution in [0.4, 0.5) is 0 Å². The van der Waals surface area contributed by atoms with Crippen molar-refractivity contribution in [3.63, 3.8) is 0 Å². The minimum Gasteiger partial charge on any atom is -0.0836 e. The molecule has 0 nitrogen and oxygen atoms in total. The topological polar surface area (TPSA) is 0 Å². The van der Waals surface area contributed by atoms with E-state index in [4.69, 9.17) is 34.8 Å². The number of fused-ring (bicyclic) bond motifs is 3. The van der Waals surface area contributed by atoms with Crippen molar-refractivity contribution in [2.75, 3.05) is 0 Å². The van der Waals surface area contributed by atoms with Crippen LogP contribution in [0.2, 0.25) is 15.1 Å². The molecule has 3 aromatic carbocycles. The molecule has 0 aliphatic rings. The average Bonchev–Trinajstić information content (AvgIpc) is 2.33. The van der Waals surface area contributed by atoms with Crippen LogP contribution in [-0.4, -0.2) is 0 Å². The SMILES string of the molecule is Clc1[c]ccc2c1ccc1c(Cl)[c]cc(Cl)c12. The average molecular weight is 280 g/mol. The summed E-state index contributed by atoms with van der Waals surface area (Å²) in [5.74, 6) is 0. The Balaban J connectivity index is 2.65. The van der Waals surface area contributed by atoms with Gasteiger partial charge in [-0.2, -0.15) is 0 Å². The summed E-state index contributed by atoms with van der Waals surface area (Å²) in [6.07, 6.45) is 0. The van der Waals surface area contributed by atoms with Crippen LogP contribution in [0, 0.1) is 12.1 Å². The molecule has 82 valence electrons. The molecule has 0 atom stereocenters. The number of benzene rings is 3. The van der Waals surface area contributed by atoms with Crippen LogP contribution in [0.5, 0.6) is 0 Å². The first-order valence-corrected chi connectivity index (χ1v) is 6.10. The molecule has 0 spiro atoms. The van der Waals surface area contributed by atoms with E-state index in [2.05, 4.69) is 12.1 Å². The Labute approximate surface area is 114 Å². The van der Waals surface area contributed by atoms with Gasteiger partial charge in [0, 0.05) is 33.3 Å². The van der Waals surface area contributed by atoms with Crippen LogP contribution >= 0.6 is 34.8 Å². The Morgan fingerprint density at radius 1 is 0.765 bits per heavy atom. The maximum absolute atomic E-state index is 6.22. The lowest BCUT2D eigenvalue weighted by atomic mass is 10.0. The van der Waals surface area contributed by atoms with Gasteiger partial charge in [-0.1, -0.05) is 59.1 Å². The maximum atomic E-state index is 6.22. The zero-order chi connectivity index (χ0) is 12.0. The molecule has 2 radical (unpaired) electrons. The number of rotatable bonds is 0. The second-order valence-electron chi connectivity index (χ2n) is 3.69. The van der Waals surface area contributed by atoms with Gasteiger partial charge < -0.3 is 0 Å². The highest BCUT2D eigenvalue weighted by Gasteiger charge is 2.09. The second kappa shape index (κ2) is 4.06. The quantitative estimate of drug-likeness (QED) is 0.473. The van der Waals surface area contributed by atoms with E-state index in [0.717, 1.165) is 21.5 Å². The Kier molecular flexibility index (Phi) is 2.67. The molecule has 3 rings (SSSR count). The largest absolute Gasteiger partial charge is 0.0836 e. The molecule has 0 aromatic heterocycles. The summed E-state index contributed by atoms with van der Waals surface area (Å²) in [5, 5.41) is 5.47. The lowest BCUT2D eigenvalue weighted by Gasteiger charge is -2.07. The molecule has 0 aliphatic carbocycles. The maximum Gasteiger partial charge on any atom is 0.0564 e. The minimum absolute atomic E-state index is 0.565. The number of hydrogen-bond acceptors (Lipinski definition) is 0. The molecule has 0 amide bonds. The number of hydrogen-bond donors (Lipinski definition) is 0. The van der Waals surface area contributed by atoms with E-state index in [9.17, 15) is 0 Å². The Bertz CT molecular complexity index is 732. The first kappa shape index (κ1) is 11.2. The van der Waals surface area contributed by atoms with Gasteiger partial charge in [-0.25, -0.2) is 0 Å². The zero-order valence-corrected chi connectivity index (χ0v) is 10.8. The van der Waals surface area contributed by atoms with E-state index in [1.54, 1.807) is 12.1 Å². The molecule has 0 bridgehead atoms. The second-order valence-corrected chi connectivity index (χ2v) is 4.85. The van der Waals surface area contributed by atoms with Gasteiger partial charge in [0.2, 0.25) is 0 Å². The van der Waals surface area contributed by atoms with Gasteiger partial charge in [0.15, 0.2) is 0 Å². The van der Waals surface area contributed by atoms with Crippen molar-refractivity contribution in [1.82, 2.24) is 0 Å². The van der Waals surface area contributed by atoms with Gasteiger partial charge in [-0.3, -0.25) is 0 Å². The van der Waals surface area contributed by atoms with Gasteiger partial charge >= 0.3 is 0 Å². The fourth-order valence-electron chi connectivity index (χ4n) is 1.98. The number of halogens is 3. The summed E-state index contributed by atoms with van der Waals surface area (Å²) < 4.78 is 0. The molecule has 3 heteroatoms. The van der Waals surface area contributed by atoms with Gasteiger partial charge in [-0.05, 0) is 11.5 Å². The van der Waals surface area contributed by atoms with Crippen molar-refractivity contribution in [1.29, 1.82) is 0 Å². The molecule has 0 heterocycles. The fraction of sp³-hybridized carbons (Fsp3) is 0. The molecule has 3 aromatic rings. The lowest BCUT2D eigenvalue weighted by Crippen LogP contribution is -1.81. The third-order valence-electron chi connectivity index (χ3n) is 2.74. The molecule has 0 saturated heterocycles. The lowest BCUT2D eigenvalue weighted by molar-refractivity contribution is 1.74. The van der Waals surface area contributed by atoms with Gasteiger partial charge in [-0.15, -0.1) is 0 Å². The molecule has 17 heavy (non-hydrogen) atoms. The Morgan fingerprint density at radius 2 is 1.47 bits per heavy atom. The molecule has 0 N–H and O–H groups in total. The van der Waals surface area contributed by atoms with E-state index in [0.29, 0.717) is 15.1 Å². The van der Waals surface area contributed by atoms with Crippen LogP contribution in [0.25, 0.3) is 21.5 Å². The minimum atomic E-state index is 0.565. The third kappa shape index (κ3) is 1.68. The third-order valence-corrected chi connectivity index (χ3v) is 3.67. The van der Waals surface area contributed by atoms with E-state index < -0.39 is 0 Å². The molecule has 0 unspecified atom stereocenters. The van der Waals surface area contributed by atoms with Gasteiger partial charge in [0.1, 0.15) is 0 Å². The van der Waals surface area contributed by atoms with Crippen molar-refractivity contribution in [3.05, 3.63) is 57.5 Å². The highest BCUT2D eigenvalue weighted by Crippen LogP contribution is 2.36.